The molecule has 0 N–H and O–H groups in total. The van der Waals surface area contributed by atoms with Gasteiger partial charge >= 0.3 is 0 Å². The fourth-order valence-corrected chi connectivity index (χ4v) is 4.63. The number of carbonyl (C=O) groups excluding carboxylic acids is 1. The molecule has 0 unspecified atom stereocenters. The Hall–Kier alpha value is -1.80. The van der Waals surface area contributed by atoms with Crippen LogP contribution in [-0.4, -0.2) is 63.8 Å². The summed E-state index contributed by atoms with van der Waals surface area (Å²) in [6.07, 6.45) is 0. The van der Waals surface area contributed by atoms with E-state index < -0.39 is 10.0 Å². The summed E-state index contributed by atoms with van der Waals surface area (Å²) in [6, 6.07) is 12.0. The highest BCUT2D eigenvalue weighted by Gasteiger charge is 2.26. The van der Waals surface area contributed by atoms with E-state index in [1.165, 1.54) is 26.2 Å². The van der Waals surface area contributed by atoms with Gasteiger partial charge in [-0.2, -0.15) is 0 Å². The largest absolute Gasteiger partial charge is 0.368 e. The summed E-state index contributed by atoms with van der Waals surface area (Å²) in [4.78, 5) is 16.7. The molecule has 2 aromatic rings. The van der Waals surface area contributed by atoms with E-state index in [4.69, 9.17) is 23.2 Å². The third-order valence-corrected chi connectivity index (χ3v) is 7.21. The summed E-state index contributed by atoms with van der Waals surface area (Å²) < 4.78 is 25.9. The number of benzene rings is 2. The molecule has 6 nitrogen and oxygen atoms in total. The minimum absolute atomic E-state index is 0.0671. The molecule has 2 aromatic carbocycles. The lowest BCUT2D eigenvalue weighted by Gasteiger charge is -2.36. The van der Waals surface area contributed by atoms with Crippen LogP contribution in [0.4, 0.5) is 5.69 Å². The van der Waals surface area contributed by atoms with E-state index in [1.807, 2.05) is 24.3 Å². The fourth-order valence-electron chi connectivity index (χ4n) is 3.05. The summed E-state index contributed by atoms with van der Waals surface area (Å²) in [7, 11) is -0.882. The lowest BCUT2D eigenvalue weighted by Crippen LogP contribution is -2.48. The van der Waals surface area contributed by atoms with Crippen LogP contribution < -0.4 is 4.90 Å². The fraction of sp³-hybridized carbons (Fsp3) is 0.316. The number of amides is 1. The maximum atomic E-state index is 12.9. The van der Waals surface area contributed by atoms with Gasteiger partial charge in [-0.1, -0.05) is 29.3 Å². The minimum atomic E-state index is -3.73. The first-order valence-corrected chi connectivity index (χ1v) is 10.9. The van der Waals surface area contributed by atoms with Crippen LogP contribution in [0.2, 0.25) is 10.0 Å². The molecule has 0 aromatic heterocycles. The van der Waals surface area contributed by atoms with Gasteiger partial charge in [-0.3, -0.25) is 4.79 Å². The Labute approximate surface area is 175 Å². The normalized spacial score (nSPS) is 15.2. The molecule has 1 heterocycles. The maximum Gasteiger partial charge on any atom is 0.254 e. The summed E-state index contributed by atoms with van der Waals surface area (Å²) in [6.45, 7) is 2.40. The minimum Gasteiger partial charge on any atom is -0.368 e. The summed E-state index contributed by atoms with van der Waals surface area (Å²) in [5, 5.41) is 0.767. The van der Waals surface area contributed by atoms with Gasteiger partial charge in [0.2, 0.25) is 10.0 Å². The van der Waals surface area contributed by atoms with E-state index in [0.717, 1.165) is 9.99 Å². The van der Waals surface area contributed by atoms with Crippen molar-refractivity contribution in [1.29, 1.82) is 0 Å². The Morgan fingerprint density at radius 1 is 1.00 bits per heavy atom. The molecule has 3 rings (SSSR count). The first-order chi connectivity index (χ1) is 13.2. The second-order valence-corrected chi connectivity index (χ2v) is 9.66. The zero-order chi connectivity index (χ0) is 20.5. The molecular weight excluding hydrogens is 421 g/mol. The third-order valence-electron chi connectivity index (χ3n) is 4.68. The van der Waals surface area contributed by atoms with Crippen molar-refractivity contribution in [3.63, 3.8) is 0 Å². The molecule has 1 aliphatic heterocycles. The topological polar surface area (TPSA) is 60.9 Å². The van der Waals surface area contributed by atoms with E-state index in [1.54, 1.807) is 11.0 Å². The monoisotopic (exact) mass is 441 g/mol. The smallest absolute Gasteiger partial charge is 0.254 e. The van der Waals surface area contributed by atoms with E-state index in [9.17, 15) is 13.2 Å². The SMILES string of the molecule is CN(C)S(=O)(=O)c1cc(C(=O)N2CCN(c3cccc(Cl)c3)CC2)ccc1Cl. The van der Waals surface area contributed by atoms with Crippen LogP contribution in [0.1, 0.15) is 10.4 Å². The molecule has 1 aliphatic rings. The van der Waals surface area contributed by atoms with E-state index in [2.05, 4.69) is 4.90 Å². The molecule has 0 saturated carbocycles. The molecule has 9 heteroatoms. The van der Waals surface area contributed by atoms with Crippen LogP contribution in [0.15, 0.2) is 47.4 Å². The summed E-state index contributed by atoms with van der Waals surface area (Å²) >= 11 is 12.1. The van der Waals surface area contributed by atoms with Crippen LogP contribution in [0.25, 0.3) is 0 Å². The predicted octanol–water partition coefficient (Wildman–Crippen LogP) is 3.21. The van der Waals surface area contributed by atoms with Gasteiger partial charge in [-0.25, -0.2) is 12.7 Å². The van der Waals surface area contributed by atoms with Crippen LogP contribution in [0.5, 0.6) is 0 Å². The molecule has 28 heavy (non-hydrogen) atoms. The molecular formula is C19H21Cl2N3O3S. The van der Waals surface area contributed by atoms with Crippen molar-refractivity contribution >= 4 is 44.8 Å². The second-order valence-electron chi connectivity index (χ2n) is 6.69. The van der Waals surface area contributed by atoms with Gasteiger partial charge in [-0.05, 0) is 36.4 Å². The van der Waals surface area contributed by atoms with Crippen LogP contribution >= 0.6 is 23.2 Å². The first kappa shape index (κ1) is 20.9. The van der Waals surface area contributed by atoms with Crippen LogP contribution in [-0.2, 0) is 10.0 Å². The average Bonchev–Trinajstić information content (AvgIpc) is 2.67. The summed E-state index contributed by atoms with van der Waals surface area (Å²) in [5.41, 5.74) is 1.33. The number of sulfonamides is 1. The molecule has 0 radical (unpaired) electrons. The Bertz CT molecular complexity index is 988. The van der Waals surface area contributed by atoms with Crippen molar-refractivity contribution in [1.82, 2.24) is 9.21 Å². The Kier molecular flexibility index (Phi) is 6.19. The number of hydrogen-bond donors (Lipinski definition) is 0. The van der Waals surface area contributed by atoms with Gasteiger partial charge in [0.1, 0.15) is 4.90 Å². The molecule has 0 aliphatic carbocycles. The van der Waals surface area contributed by atoms with Crippen molar-refractivity contribution in [2.75, 3.05) is 45.2 Å². The van der Waals surface area contributed by atoms with Crippen molar-refractivity contribution in [3.05, 3.63) is 58.1 Å². The molecule has 0 bridgehead atoms. The van der Waals surface area contributed by atoms with Gasteiger partial charge in [-0.15, -0.1) is 0 Å². The Morgan fingerprint density at radius 3 is 2.29 bits per heavy atom. The van der Waals surface area contributed by atoms with Crippen molar-refractivity contribution in [2.45, 2.75) is 4.90 Å². The molecule has 1 amide bonds. The van der Waals surface area contributed by atoms with Crippen LogP contribution in [0.3, 0.4) is 0 Å². The highest BCUT2D eigenvalue weighted by atomic mass is 35.5. The molecule has 0 spiro atoms. The average molecular weight is 442 g/mol. The highest BCUT2D eigenvalue weighted by Crippen LogP contribution is 2.26. The van der Waals surface area contributed by atoms with Crippen molar-refractivity contribution in [2.24, 2.45) is 0 Å². The molecule has 150 valence electrons. The number of rotatable bonds is 4. The number of carbonyl (C=O) groups is 1. The maximum absolute atomic E-state index is 12.9. The number of piperazine rings is 1. The Morgan fingerprint density at radius 2 is 1.68 bits per heavy atom. The second kappa shape index (κ2) is 8.29. The predicted molar refractivity (Wildman–Crippen MR) is 112 cm³/mol. The van der Waals surface area contributed by atoms with Crippen molar-refractivity contribution < 1.29 is 13.2 Å². The Balaban J connectivity index is 1.75. The number of halogens is 2. The standard InChI is InChI=1S/C19H21Cl2N3O3S/c1-22(2)28(26,27)18-12-14(6-7-17(18)21)19(25)24-10-8-23(9-11-24)16-5-3-4-15(20)13-16/h3-7,12-13H,8-11H2,1-2H3. The first-order valence-electron chi connectivity index (χ1n) is 8.72. The van der Waals surface area contributed by atoms with Gasteiger partial charge in [0.25, 0.3) is 5.91 Å². The highest BCUT2D eigenvalue weighted by molar-refractivity contribution is 7.89. The molecule has 0 atom stereocenters. The van der Waals surface area contributed by atoms with E-state index in [0.29, 0.717) is 36.8 Å². The number of nitrogens with zero attached hydrogens (tertiary/aromatic N) is 3. The van der Waals surface area contributed by atoms with E-state index in [-0.39, 0.29) is 15.8 Å². The quantitative estimate of drug-likeness (QED) is 0.730. The summed E-state index contributed by atoms with van der Waals surface area (Å²) in [5.74, 6) is -0.211. The van der Waals surface area contributed by atoms with Crippen LogP contribution in [0, 0.1) is 0 Å². The van der Waals surface area contributed by atoms with Crippen molar-refractivity contribution in [3.8, 4) is 0 Å². The molecule has 1 saturated heterocycles. The molecule has 1 fully saturated rings. The number of anilines is 1. The van der Waals surface area contributed by atoms with E-state index >= 15 is 0 Å². The van der Waals surface area contributed by atoms with Gasteiger partial charge in [0.05, 0.1) is 5.02 Å². The van der Waals surface area contributed by atoms with Gasteiger partial charge < -0.3 is 9.80 Å². The third kappa shape index (κ3) is 4.27. The number of hydrogen-bond acceptors (Lipinski definition) is 4. The lowest BCUT2D eigenvalue weighted by atomic mass is 10.1. The van der Waals surface area contributed by atoms with Gasteiger partial charge in [0, 0.05) is 56.5 Å². The van der Waals surface area contributed by atoms with Gasteiger partial charge in [0.15, 0.2) is 0 Å². The zero-order valence-electron chi connectivity index (χ0n) is 15.6. The zero-order valence-corrected chi connectivity index (χ0v) is 17.9. The lowest BCUT2D eigenvalue weighted by molar-refractivity contribution is 0.0746.